The number of carboxylic acid groups (broad SMARTS) is 1. The molecule has 0 unspecified atom stereocenters. The van der Waals surface area contributed by atoms with Gasteiger partial charge in [-0.05, 0) is 18.1 Å². The summed E-state index contributed by atoms with van der Waals surface area (Å²) in [5.41, 5.74) is 0.429. The average molecular weight is 318 g/mol. The number of amides is 1. The summed E-state index contributed by atoms with van der Waals surface area (Å²) in [7, 11) is 1.45. The van der Waals surface area contributed by atoms with Crippen molar-refractivity contribution in [3.8, 4) is 17.6 Å². The van der Waals surface area contributed by atoms with Crippen molar-refractivity contribution in [2.75, 3.05) is 26.8 Å². The second-order valence-corrected chi connectivity index (χ2v) is 5.49. The summed E-state index contributed by atoms with van der Waals surface area (Å²) in [6, 6.07) is 6.66. The summed E-state index contributed by atoms with van der Waals surface area (Å²) < 4.78 is 10.6. The summed E-state index contributed by atoms with van der Waals surface area (Å²) in [4.78, 5) is 24.8. The van der Waals surface area contributed by atoms with Gasteiger partial charge >= 0.3 is 5.97 Å². The van der Waals surface area contributed by atoms with E-state index in [-0.39, 0.29) is 25.0 Å². The van der Waals surface area contributed by atoms with Gasteiger partial charge in [0, 0.05) is 19.2 Å². The largest absolute Gasteiger partial charge is 0.493 e. The van der Waals surface area contributed by atoms with E-state index in [1.54, 1.807) is 12.1 Å². The van der Waals surface area contributed by atoms with E-state index < -0.39 is 11.9 Å². The molecule has 0 saturated carbocycles. The third-order valence-electron chi connectivity index (χ3n) is 3.93. The molecule has 2 atom stereocenters. The Hall–Kier alpha value is -2.75. The second-order valence-electron chi connectivity index (χ2n) is 5.49. The van der Waals surface area contributed by atoms with Crippen LogP contribution in [0.15, 0.2) is 18.2 Å². The van der Waals surface area contributed by atoms with Gasteiger partial charge in [0.1, 0.15) is 0 Å². The summed E-state index contributed by atoms with van der Waals surface area (Å²) in [6.07, 6.45) is 0. The molecule has 0 radical (unpaired) electrons. The Labute approximate surface area is 134 Å². The topological polar surface area (TPSA) is 99.9 Å². The third-order valence-corrected chi connectivity index (χ3v) is 3.93. The van der Waals surface area contributed by atoms with Crippen LogP contribution < -0.4 is 9.47 Å². The molecule has 23 heavy (non-hydrogen) atoms. The molecular weight excluding hydrogens is 300 g/mol. The molecular formula is C16H18N2O5. The van der Waals surface area contributed by atoms with Crippen LogP contribution in [-0.2, 0) is 9.59 Å². The van der Waals surface area contributed by atoms with Gasteiger partial charge in [0.2, 0.25) is 0 Å². The number of aliphatic carboxylic acids is 1. The van der Waals surface area contributed by atoms with Crippen LogP contribution in [0.3, 0.4) is 0 Å². The number of carboxylic acids is 1. The molecule has 7 nitrogen and oxygen atoms in total. The van der Waals surface area contributed by atoms with Crippen molar-refractivity contribution in [2.24, 2.45) is 11.8 Å². The lowest BCUT2D eigenvalue weighted by atomic mass is 9.99. The Balaban J connectivity index is 1.98. The van der Waals surface area contributed by atoms with E-state index in [4.69, 9.17) is 19.8 Å². The summed E-state index contributed by atoms with van der Waals surface area (Å²) in [5.74, 6) is -1.05. The number of hydrogen-bond acceptors (Lipinski definition) is 5. The van der Waals surface area contributed by atoms with Gasteiger partial charge in [0.15, 0.2) is 18.1 Å². The highest BCUT2D eigenvalue weighted by Gasteiger charge is 2.36. The van der Waals surface area contributed by atoms with E-state index in [1.807, 2.05) is 13.0 Å². The number of ether oxygens (including phenoxy) is 2. The molecule has 1 heterocycles. The first-order valence-electron chi connectivity index (χ1n) is 7.17. The monoisotopic (exact) mass is 318 g/mol. The summed E-state index contributed by atoms with van der Waals surface area (Å²) >= 11 is 0. The Kier molecular flexibility index (Phi) is 5.06. The predicted molar refractivity (Wildman–Crippen MR) is 80.1 cm³/mol. The Morgan fingerprint density at radius 1 is 1.39 bits per heavy atom. The smallest absolute Gasteiger partial charge is 0.308 e. The van der Waals surface area contributed by atoms with E-state index in [9.17, 15) is 9.59 Å². The van der Waals surface area contributed by atoms with Crippen LogP contribution in [0.1, 0.15) is 12.5 Å². The number of nitriles is 1. The number of carbonyl (C=O) groups is 2. The highest BCUT2D eigenvalue weighted by molar-refractivity contribution is 5.80. The third kappa shape index (κ3) is 3.72. The molecule has 7 heteroatoms. The number of methoxy groups -OCH3 is 1. The van der Waals surface area contributed by atoms with Gasteiger partial charge < -0.3 is 19.5 Å². The summed E-state index contributed by atoms with van der Waals surface area (Å²) in [5, 5.41) is 17.9. The lowest BCUT2D eigenvalue weighted by molar-refractivity contribution is -0.142. The normalized spacial score (nSPS) is 20.0. The molecule has 0 spiro atoms. The molecule has 1 N–H and O–H groups in total. The van der Waals surface area contributed by atoms with Crippen LogP contribution in [0.5, 0.6) is 11.5 Å². The van der Waals surface area contributed by atoms with Crippen LogP contribution in [0, 0.1) is 23.2 Å². The zero-order valence-electron chi connectivity index (χ0n) is 13.0. The SMILES string of the molecule is COc1cc(C#N)ccc1OCC(=O)N1C[C@@H](C)[C@H](C(=O)O)C1. The highest BCUT2D eigenvalue weighted by Crippen LogP contribution is 2.28. The van der Waals surface area contributed by atoms with Crippen LogP contribution in [0.25, 0.3) is 0 Å². The summed E-state index contributed by atoms with van der Waals surface area (Å²) in [6.45, 7) is 2.21. The van der Waals surface area contributed by atoms with Crippen molar-refractivity contribution in [1.29, 1.82) is 5.26 Å². The van der Waals surface area contributed by atoms with Gasteiger partial charge in [0.05, 0.1) is 24.7 Å². The molecule has 1 fully saturated rings. The standard InChI is InChI=1S/C16H18N2O5/c1-10-7-18(8-12(10)16(20)21)15(19)9-23-13-4-3-11(6-17)5-14(13)22-2/h3-5,10,12H,7-9H2,1-2H3,(H,20,21)/t10-,12-/m1/s1. The van der Waals surface area contributed by atoms with Crippen molar-refractivity contribution >= 4 is 11.9 Å². The maximum Gasteiger partial charge on any atom is 0.308 e. The minimum atomic E-state index is -0.887. The molecule has 1 aromatic rings. The van der Waals surface area contributed by atoms with Crippen molar-refractivity contribution in [2.45, 2.75) is 6.92 Å². The zero-order valence-corrected chi connectivity index (χ0v) is 13.0. The first-order chi connectivity index (χ1) is 11.0. The van der Waals surface area contributed by atoms with Crippen molar-refractivity contribution in [1.82, 2.24) is 4.90 Å². The number of rotatable bonds is 5. The molecule has 2 rings (SSSR count). The van der Waals surface area contributed by atoms with Crippen LogP contribution in [-0.4, -0.2) is 48.7 Å². The van der Waals surface area contributed by atoms with E-state index in [2.05, 4.69) is 0 Å². The van der Waals surface area contributed by atoms with Crippen LogP contribution >= 0.6 is 0 Å². The van der Waals surface area contributed by atoms with E-state index in [0.717, 1.165) is 0 Å². The van der Waals surface area contributed by atoms with Gasteiger partial charge in [-0.1, -0.05) is 6.92 Å². The van der Waals surface area contributed by atoms with Gasteiger partial charge in [-0.25, -0.2) is 0 Å². The minimum Gasteiger partial charge on any atom is -0.493 e. The number of hydrogen-bond donors (Lipinski definition) is 1. The fourth-order valence-electron chi connectivity index (χ4n) is 2.58. The fourth-order valence-corrected chi connectivity index (χ4v) is 2.58. The number of likely N-dealkylation sites (tertiary alicyclic amines) is 1. The first kappa shape index (κ1) is 16.6. The first-order valence-corrected chi connectivity index (χ1v) is 7.17. The second kappa shape index (κ2) is 7.01. The predicted octanol–water partition coefficient (Wildman–Crippen LogP) is 1.12. The number of benzene rings is 1. The number of nitrogens with zero attached hydrogens (tertiary/aromatic N) is 2. The van der Waals surface area contributed by atoms with Gasteiger partial charge in [0.25, 0.3) is 5.91 Å². The van der Waals surface area contributed by atoms with Crippen molar-refractivity contribution in [3.05, 3.63) is 23.8 Å². The van der Waals surface area contributed by atoms with Crippen LogP contribution in [0.2, 0.25) is 0 Å². The van der Waals surface area contributed by atoms with Crippen molar-refractivity contribution < 1.29 is 24.2 Å². The number of carbonyl (C=O) groups excluding carboxylic acids is 1. The highest BCUT2D eigenvalue weighted by atomic mass is 16.5. The molecule has 0 aliphatic carbocycles. The average Bonchev–Trinajstić information content (AvgIpc) is 2.94. The zero-order chi connectivity index (χ0) is 17.0. The maximum atomic E-state index is 12.2. The molecule has 0 aromatic heterocycles. The van der Waals surface area contributed by atoms with Gasteiger partial charge in [-0.15, -0.1) is 0 Å². The Bertz CT molecular complexity index is 652. The fraction of sp³-hybridized carbons (Fsp3) is 0.438. The molecule has 1 saturated heterocycles. The molecule has 0 bridgehead atoms. The molecule has 1 aromatic carbocycles. The quantitative estimate of drug-likeness (QED) is 0.873. The van der Waals surface area contributed by atoms with Crippen LogP contribution in [0.4, 0.5) is 0 Å². The lowest BCUT2D eigenvalue weighted by Crippen LogP contribution is -2.33. The van der Waals surface area contributed by atoms with E-state index in [1.165, 1.54) is 18.1 Å². The lowest BCUT2D eigenvalue weighted by Gasteiger charge is -2.17. The molecule has 1 aliphatic heterocycles. The van der Waals surface area contributed by atoms with Crippen molar-refractivity contribution in [3.63, 3.8) is 0 Å². The van der Waals surface area contributed by atoms with E-state index >= 15 is 0 Å². The van der Waals surface area contributed by atoms with Gasteiger partial charge in [-0.2, -0.15) is 5.26 Å². The maximum absolute atomic E-state index is 12.2. The minimum absolute atomic E-state index is 0.0825. The Morgan fingerprint density at radius 3 is 2.70 bits per heavy atom. The Morgan fingerprint density at radius 2 is 2.13 bits per heavy atom. The molecule has 1 aliphatic rings. The molecule has 122 valence electrons. The van der Waals surface area contributed by atoms with Gasteiger partial charge in [-0.3, -0.25) is 9.59 Å². The van der Waals surface area contributed by atoms with E-state index in [0.29, 0.717) is 23.6 Å². The molecule has 1 amide bonds.